The Balaban J connectivity index is 2.28. The van der Waals surface area contributed by atoms with Gasteiger partial charge in [0.15, 0.2) is 0 Å². The molecule has 0 bridgehead atoms. The van der Waals surface area contributed by atoms with Gasteiger partial charge in [0.2, 0.25) is 0 Å². The summed E-state index contributed by atoms with van der Waals surface area (Å²) in [4.78, 5) is 0. The number of allylic oxidation sites excluding steroid dienone is 6. The van der Waals surface area contributed by atoms with Crippen LogP contribution in [0.4, 0.5) is 0 Å². The summed E-state index contributed by atoms with van der Waals surface area (Å²) in [6, 6.07) is 0. The monoisotopic (exact) mass is 176 g/mol. The second-order valence-electron chi connectivity index (χ2n) is 3.52. The molecule has 0 saturated heterocycles. The lowest BCUT2D eigenvalue weighted by Gasteiger charge is -1.94. The second kappa shape index (κ2) is 7.85. The topological polar surface area (TPSA) is 0 Å². The van der Waals surface area contributed by atoms with E-state index in [1.165, 1.54) is 32.1 Å². The van der Waals surface area contributed by atoms with Gasteiger partial charge in [-0.15, -0.1) is 0 Å². The molecule has 1 aliphatic carbocycles. The fourth-order valence-electron chi connectivity index (χ4n) is 1.48. The summed E-state index contributed by atoms with van der Waals surface area (Å²) in [5, 5.41) is 0. The molecule has 0 nitrogen and oxygen atoms in total. The van der Waals surface area contributed by atoms with Gasteiger partial charge in [-0.1, -0.05) is 42.9 Å². The van der Waals surface area contributed by atoms with Crippen molar-refractivity contribution in [3.05, 3.63) is 36.5 Å². The van der Waals surface area contributed by atoms with Gasteiger partial charge in [-0.25, -0.2) is 0 Å². The van der Waals surface area contributed by atoms with E-state index in [1.54, 1.807) is 0 Å². The molecule has 0 aliphatic heterocycles. The number of hydrogen-bond acceptors (Lipinski definition) is 0. The molecule has 0 radical (unpaired) electrons. The summed E-state index contributed by atoms with van der Waals surface area (Å²) in [6.07, 6.45) is 22.5. The van der Waals surface area contributed by atoms with Gasteiger partial charge in [-0.2, -0.15) is 0 Å². The first-order valence-electron chi connectivity index (χ1n) is 5.45. The van der Waals surface area contributed by atoms with Crippen LogP contribution in [0.5, 0.6) is 0 Å². The molecule has 13 heavy (non-hydrogen) atoms. The maximum Gasteiger partial charge on any atom is -0.0169 e. The third-order valence-corrected chi connectivity index (χ3v) is 2.29. The first-order chi connectivity index (χ1) is 6.50. The van der Waals surface area contributed by atoms with Crippen LogP contribution in [0.1, 0.15) is 44.9 Å². The summed E-state index contributed by atoms with van der Waals surface area (Å²) >= 11 is 0. The summed E-state index contributed by atoms with van der Waals surface area (Å²) in [5.74, 6) is 0. The van der Waals surface area contributed by atoms with E-state index in [9.17, 15) is 0 Å². The lowest BCUT2D eigenvalue weighted by Crippen LogP contribution is -1.74. The minimum absolute atomic E-state index is 1.10. The fourth-order valence-corrected chi connectivity index (χ4v) is 1.48. The van der Waals surface area contributed by atoms with Crippen LogP contribution in [0.3, 0.4) is 0 Å². The minimum atomic E-state index is 1.10. The summed E-state index contributed by atoms with van der Waals surface area (Å²) in [7, 11) is 0. The van der Waals surface area contributed by atoms with E-state index in [4.69, 9.17) is 0 Å². The lowest BCUT2D eigenvalue weighted by atomic mass is 10.1. The van der Waals surface area contributed by atoms with Crippen LogP contribution in [0.15, 0.2) is 36.5 Å². The molecule has 1 aliphatic rings. The van der Waals surface area contributed by atoms with Gasteiger partial charge in [-0.3, -0.25) is 0 Å². The van der Waals surface area contributed by atoms with Crippen molar-refractivity contribution in [2.75, 3.05) is 0 Å². The molecule has 0 heteroatoms. The van der Waals surface area contributed by atoms with E-state index in [0.29, 0.717) is 0 Å². The number of hydrogen-bond donors (Lipinski definition) is 0. The van der Waals surface area contributed by atoms with E-state index in [2.05, 4.69) is 36.5 Å². The van der Waals surface area contributed by atoms with Crippen LogP contribution in [0.25, 0.3) is 0 Å². The minimum Gasteiger partial charge on any atom is -0.0882 e. The summed E-state index contributed by atoms with van der Waals surface area (Å²) in [6.45, 7) is 0. The highest BCUT2D eigenvalue weighted by Gasteiger charge is 1.86. The molecule has 0 spiro atoms. The molecule has 0 N–H and O–H groups in total. The van der Waals surface area contributed by atoms with Crippen molar-refractivity contribution in [2.24, 2.45) is 0 Å². The van der Waals surface area contributed by atoms with Crippen LogP contribution < -0.4 is 0 Å². The van der Waals surface area contributed by atoms with E-state index in [-0.39, 0.29) is 0 Å². The van der Waals surface area contributed by atoms with Crippen LogP contribution in [0.2, 0.25) is 0 Å². The van der Waals surface area contributed by atoms with E-state index >= 15 is 0 Å². The molecule has 72 valence electrons. The zero-order chi connectivity index (χ0) is 9.19. The average molecular weight is 176 g/mol. The van der Waals surface area contributed by atoms with Crippen molar-refractivity contribution in [1.82, 2.24) is 0 Å². The van der Waals surface area contributed by atoms with Gasteiger partial charge in [0.1, 0.15) is 0 Å². The Morgan fingerprint density at radius 3 is 1.46 bits per heavy atom. The van der Waals surface area contributed by atoms with Crippen LogP contribution in [-0.4, -0.2) is 0 Å². The fraction of sp³-hybridized carbons (Fsp3) is 0.538. The Bertz CT molecular complexity index is 164. The van der Waals surface area contributed by atoms with Gasteiger partial charge in [0.25, 0.3) is 0 Å². The maximum absolute atomic E-state index is 2.32. The molecule has 0 amide bonds. The van der Waals surface area contributed by atoms with Crippen molar-refractivity contribution in [1.29, 1.82) is 0 Å². The second-order valence-corrected chi connectivity index (χ2v) is 3.52. The van der Waals surface area contributed by atoms with Crippen molar-refractivity contribution in [3.63, 3.8) is 0 Å². The molecular formula is C13H20. The first-order valence-corrected chi connectivity index (χ1v) is 5.45. The quantitative estimate of drug-likeness (QED) is 0.480. The van der Waals surface area contributed by atoms with Gasteiger partial charge in [-0.05, 0) is 38.5 Å². The molecule has 0 aromatic heterocycles. The van der Waals surface area contributed by atoms with Crippen molar-refractivity contribution >= 4 is 0 Å². The molecule has 0 unspecified atom stereocenters. The van der Waals surface area contributed by atoms with Gasteiger partial charge < -0.3 is 0 Å². The predicted octanol–water partition coefficient (Wildman–Crippen LogP) is 4.40. The zero-order valence-electron chi connectivity index (χ0n) is 8.41. The Morgan fingerprint density at radius 1 is 0.462 bits per heavy atom. The molecular weight excluding hydrogens is 156 g/mol. The SMILES string of the molecule is C1=CC/C=C/CCCCC/C=C/C1. The van der Waals surface area contributed by atoms with Crippen LogP contribution >= 0.6 is 0 Å². The maximum atomic E-state index is 2.32. The highest BCUT2D eigenvalue weighted by atomic mass is 13.9. The standard InChI is InChI=1S/C13H20/c1-2-4-6-8-10-12-13-11-9-7-5-3-1/h1-2,5-8H,3-4,9-13H2/b2-1?,7-5+,8-6+. The Hall–Kier alpha value is -0.780. The number of rotatable bonds is 0. The average Bonchev–Trinajstić information content (AvgIpc) is 2.18. The van der Waals surface area contributed by atoms with Crippen molar-refractivity contribution < 1.29 is 0 Å². The molecule has 0 fully saturated rings. The van der Waals surface area contributed by atoms with E-state index < -0.39 is 0 Å². The predicted molar refractivity (Wildman–Crippen MR) is 59.7 cm³/mol. The Kier molecular flexibility index (Phi) is 6.22. The van der Waals surface area contributed by atoms with Crippen LogP contribution in [-0.2, 0) is 0 Å². The molecule has 0 heterocycles. The molecule has 0 atom stereocenters. The highest BCUT2D eigenvalue weighted by molar-refractivity contribution is 4.97. The van der Waals surface area contributed by atoms with Crippen molar-refractivity contribution in [2.45, 2.75) is 44.9 Å². The smallest absolute Gasteiger partial charge is 0.0169 e. The largest absolute Gasteiger partial charge is 0.0882 e. The van der Waals surface area contributed by atoms with E-state index in [0.717, 1.165) is 12.8 Å². The Labute approximate surface area is 82.0 Å². The van der Waals surface area contributed by atoms with Gasteiger partial charge >= 0.3 is 0 Å². The summed E-state index contributed by atoms with van der Waals surface area (Å²) < 4.78 is 0. The van der Waals surface area contributed by atoms with Crippen LogP contribution in [0, 0.1) is 0 Å². The summed E-state index contributed by atoms with van der Waals surface area (Å²) in [5.41, 5.74) is 0. The third kappa shape index (κ3) is 6.39. The lowest BCUT2D eigenvalue weighted by molar-refractivity contribution is 0.695. The Morgan fingerprint density at radius 2 is 0.923 bits per heavy atom. The van der Waals surface area contributed by atoms with Gasteiger partial charge in [0, 0.05) is 0 Å². The molecule has 1 rings (SSSR count). The van der Waals surface area contributed by atoms with Crippen molar-refractivity contribution in [3.8, 4) is 0 Å². The van der Waals surface area contributed by atoms with E-state index in [1.807, 2.05) is 0 Å². The zero-order valence-corrected chi connectivity index (χ0v) is 8.41. The molecule has 0 saturated carbocycles. The first kappa shape index (κ1) is 10.3. The molecule has 0 aromatic carbocycles. The van der Waals surface area contributed by atoms with Gasteiger partial charge in [0.05, 0.1) is 0 Å². The highest BCUT2D eigenvalue weighted by Crippen LogP contribution is 2.06. The third-order valence-electron chi connectivity index (χ3n) is 2.29. The normalized spacial score (nSPS) is 25.2. The molecule has 0 aromatic rings.